The summed E-state index contributed by atoms with van der Waals surface area (Å²) in [5.41, 5.74) is 2.25. The Morgan fingerprint density at radius 3 is 2.35 bits per heavy atom. The van der Waals surface area contributed by atoms with Crippen LogP contribution in [0, 0.1) is 0 Å². The summed E-state index contributed by atoms with van der Waals surface area (Å²) in [6, 6.07) is 22.0. The number of rotatable bonds is 8. The fourth-order valence-corrected chi connectivity index (χ4v) is 3.60. The minimum Gasteiger partial charge on any atom is -0.495 e. The second-order valence-electron chi connectivity index (χ2n) is 6.44. The first kappa shape index (κ1) is 22.5. The van der Waals surface area contributed by atoms with Gasteiger partial charge in [0.25, 0.3) is 0 Å². The number of carbonyl (C=O) groups excluding carboxylic acids is 2. The van der Waals surface area contributed by atoms with Crippen LogP contribution >= 0.6 is 23.4 Å². The Bertz CT molecular complexity index is 1070. The van der Waals surface area contributed by atoms with Gasteiger partial charge in [0.15, 0.2) is 0 Å². The number of anilines is 2. The van der Waals surface area contributed by atoms with E-state index < -0.39 is 0 Å². The molecule has 3 aromatic carbocycles. The Labute approximate surface area is 190 Å². The lowest BCUT2D eigenvalue weighted by Gasteiger charge is -2.08. The lowest BCUT2D eigenvalue weighted by molar-refractivity contribution is -0.114. The lowest BCUT2D eigenvalue weighted by atomic mass is 10.2. The first-order valence-electron chi connectivity index (χ1n) is 9.44. The van der Waals surface area contributed by atoms with Gasteiger partial charge in [-0.05, 0) is 54.1 Å². The summed E-state index contributed by atoms with van der Waals surface area (Å²) in [5.74, 6) is 0.447. The standard InChI is InChI=1S/C24H21ClN2O3S/c1-30-22-13-10-19(15-21(22)25)27-24(29)16-31-20-11-8-18(9-12-20)26-23(28)14-7-17-5-3-2-4-6-17/h2-15H,16H2,1H3,(H,26,28)(H,27,29)/b14-7+. The van der Waals surface area contributed by atoms with Crippen molar-refractivity contribution < 1.29 is 14.3 Å². The van der Waals surface area contributed by atoms with E-state index in [9.17, 15) is 9.59 Å². The van der Waals surface area contributed by atoms with E-state index in [4.69, 9.17) is 16.3 Å². The zero-order chi connectivity index (χ0) is 22.1. The SMILES string of the molecule is COc1ccc(NC(=O)CSc2ccc(NC(=O)/C=C/c3ccccc3)cc2)cc1Cl. The van der Waals surface area contributed by atoms with Gasteiger partial charge in [0.1, 0.15) is 5.75 Å². The average molecular weight is 453 g/mol. The predicted molar refractivity (Wildman–Crippen MR) is 128 cm³/mol. The molecule has 0 aliphatic heterocycles. The van der Waals surface area contributed by atoms with Crippen molar-refractivity contribution in [1.82, 2.24) is 0 Å². The molecule has 0 aliphatic rings. The normalized spacial score (nSPS) is 10.6. The number of halogens is 1. The molecule has 0 radical (unpaired) electrons. The zero-order valence-electron chi connectivity index (χ0n) is 16.8. The molecule has 0 spiro atoms. The molecule has 3 rings (SSSR count). The molecule has 0 heterocycles. The van der Waals surface area contributed by atoms with E-state index in [0.29, 0.717) is 22.1 Å². The van der Waals surface area contributed by atoms with E-state index >= 15 is 0 Å². The highest BCUT2D eigenvalue weighted by molar-refractivity contribution is 8.00. The molecular formula is C24H21ClN2O3S. The number of thioether (sulfide) groups is 1. The van der Waals surface area contributed by atoms with Gasteiger partial charge in [-0.25, -0.2) is 0 Å². The summed E-state index contributed by atoms with van der Waals surface area (Å²) < 4.78 is 5.10. The van der Waals surface area contributed by atoms with Crippen molar-refractivity contribution in [3.8, 4) is 5.75 Å². The molecule has 2 amide bonds. The second kappa shape index (κ2) is 11.2. The Morgan fingerprint density at radius 2 is 1.68 bits per heavy atom. The van der Waals surface area contributed by atoms with Gasteiger partial charge < -0.3 is 15.4 Å². The number of methoxy groups -OCH3 is 1. The highest BCUT2D eigenvalue weighted by atomic mass is 35.5. The highest BCUT2D eigenvalue weighted by Gasteiger charge is 2.07. The molecule has 0 atom stereocenters. The molecule has 0 aromatic heterocycles. The molecule has 31 heavy (non-hydrogen) atoms. The minimum atomic E-state index is -0.207. The van der Waals surface area contributed by atoms with Crippen LogP contribution in [0.5, 0.6) is 5.75 Å². The Kier molecular flexibility index (Phi) is 8.15. The topological polar surface area (TPSA) is 67.4 Å². The Balaban J connectivity index is 1.46. The third-order valence-corrected chi connectivity index (χ3v) is 5.46. The van der Waals surface area contributed by atoms with Gasteiger partial charge in [-0.2, -0.15) is 0 Å². The lowest BCUT2D eigenvalue weighted by Crippen LogP contribution is -2.14. The van der Waals surface area contributed by atoms with Gasteiger partial charge in [-0.1, -0.05) is 41.9 Å². The summed E-state index contributed by atoms with van der Waals surface area (Å²) in [7, 11) is 1.54. The van der Waals surface area contributed by atoms with Crippen LogP contribution in [0.3, 0.4) is 0 Å². The van der Waals surface area contributed by atoms with E-state index in [1.807, 2.05) is 42.5 Å². The molecule has 2 N–H and O–H groups in total. The van der Waals surface area contributed by atoms with Crippen LogP contribution in [0.15, 0.2) is 83.8 Å². The summed E-state index contributed by atoms with van der Waals surface area (Å²) >= 11 is 7.47. The van der Waals surface area contributed by atoms with E-state index in [0.717, 1.165) is 10.5 Å². The quantitative estimate of drug-likeness (QED) is 0.338. The van der Waals surface area contributed by atoms with E-state index in [1.165, 1.54) is 24.9 Å². The van der Waals surface area contributed by atoms with Gasteiger partial charge >= 0.3 is 0 Å². The van der Waals surface area contributed by atoms with Crippen LogP contribution in [0.2, 0.25) is 5.02 Å². The van der Waals surface area contributed by atoms with Gasteiger partial charge in [0.05, 0.1) is 17.9 Å². The third-order valence-electron chi connectivity index (χ3n) is 4.15. The first-order chi connectivity index (χ1) is 15.0. The molecule has 0 fully saturated rings. The molecule has 5 nitrogen and oxygen atoms in total. The Morgan fingerprint density at radius 1 is 0.968 bits per heavy atom. The second-order valence-corrected chi connectivity index (χ2v) is 7.90. The Hall–Kier alpha value is -3.22. The molecular weight excluding hydrogens is 432 g/mol. The zero-order valence-corrected chi connectivity index (χ0v) is 18.4. The van der Waals surface area contributed by atoms with E-state index in [-0.39, 0.29) is 17.6 Å². The number of amides is 2. The summed E-state index contributed by atoms with van der Waals surface area (Å²) in [5, 5.41) is 6.05. The van der Waals surface area contributed by atoms with Crippen molar-refractivity contribution >= 4 is 52.6 Å². The van der Waals surface area contributed by atoms with Crippen LogP contribution < -0.4 is 15.4 Å². The van der Waals surface area contributed by atoms with Crippen molar-refractivity contribution in [3.05, 3.63) is 89.5 Å². The maximum Gasteiger partial charge on any atom is 0.248 e. The van der Waals surface area contributed by atoms with Crippen molar-refractivity contribution in [2.45, 2.75) is 4.90 Å². The van der Waals surface area contributed by atoms with Gasteiger partial charge in [-0.3, -0.25) is 9.59 Å². The number of ether oxygens (including phenoxy) is 1. The van der Waals surface area contributed by atoms with Crippen molar-refractivity contribution in [1.29, 1.82) is 0 Å². The van der Waals surface area contributed by atoms with Crippen LogP contribution in [-0.4, -0.2) is 24.7 Å². The monoisotopic (exact) mass is 452 g/mol. The van der Waals surface area contributed by atoms with Crippen LogP contribution in [0.1, 0.15) is 5.56 Å². The maximum absolute atomic E-state index is 12.2. The largest absolute Gasteiger partial charge is 0.495 e. The predicted octanol–water partition coefficient (Wildman–Crippen LogP) is 5.73. The smallest absolute Gasteiger partial charge is 0.248 e. The number of hydrogen-bond donors (Lipinski definition) is 2. The third kappa shape index (κ3) is 7.20. The van der Waals surface area contributed by atoms with Gasteiger partial charge in [0.2, 0.25) is 11.8 Å². The molecule has 0 saturated carbocycles. The van der Waals surface area contributed by atoms with Crippen molar-refractivity contribution in [2.24, 2.45) is 0 Å². The average Bonchev–Trinajstić information content (AvgIpc) is 2.78. The summed E-state index contributed by atoms with van der Waals surface area (Å²) in [6.07, 6.45) is 3.25. The van der Waals surface area contributed by atoms with Crippen LogP contribution in [0.25, 0.3) is 6.08 Å². The van der Waals surface area contributed by atoms with Crippen LogP contribution in [0.4, 0.5) is 11.4 Å². The van der Waals surface area contributed by atoms with E-state index in [1.54, 1.807) is 36.4 Å². The van der Waals surface area contributed by atoms with Crippen molar-refractivity contribution in [3.63, 3.8) is 0 Å². The van der Waals surface area contributed by atoms with Crippen LogP contribution in [-0.2, 0) is 9.59 Å². The summed E-state index contributed by atoms with van der Waals surface area (Å²) in [6.45, 7) is 0. The van der Waals surface area contributed by atoms with Crippen molar-refractivity contribution in [2.75, 3.05) is 23.5 Å². The van der Waals surface area contributed by atoms with E-state index in [2.05, 4.69) is 10.6 Å². The molecule has 0 bridgehead atoms. The number of benzene rings is 3. The minimum absolute atomic E-state index is 0.144. The molecule has 3 aromatic rings. The maximum atomic E-state index is 12.2. The first-order valence-corrected chi connectivity index (χ1v) is 10.8. The molecule has 158 valence electrons. The number of carbonyl (C=O) groups is 2. The summed E-state index contributed by atoms with van der Waals surface area (Å²) in [4.78, 5) is 25.1. The number of nitrogens with one attached hydrogen (secondary N) is 2. The van der Waals surface area contributed by atoms with Gasteiger partial charge in [0, 0.05) is 22.3 Å². The number of hydrogen-bond acceptors (Lipinski definition) is 4. The highest BCUT2D eigenvalue weighted by Crippen LogP contribution is 2.27. The van der Waals surface area contributed by atoms with Gasteiger partial charge in [-0.15, -0.1) is 11.8 Å². The molecule has 0 saturated heterocycles. The molecule has 0 unspecified atom stereocenters. The molecule has 7 heteroatoms. The molecule has 0 aliphatic carbocycles. The fourth-order valence-electron chi connectivity index (χ4n) is 2.64. The fraction of sp³-hybridized carbons (Fsp3) is 0.0833.